The number of carbonyl (C=O) groups excluding carboxylic acids is 1. The Balaban J connectivity index is 1.97. The molecule has 6 heteroatoms. The third-order valence-corrected chi connectivity index (χ3v) is 5.23. The molecule has 1 aliphatic carbocycles. The molecule has 2 aromatic carbocycles. The second-order valence-corrected chi connectivity index (χ2v) is 6.74. The van der Waals surface area contributed by atoms with Crippen molar-refractivity contribution in [2.45, 2.75) is 25.2 Å². The molecule has 146 valence electrons. The van der Waals surface area contributed by atoms with Crippen molar-refractivity contribution in [2.24, 2.45) is 5.92 Å². The molecule has 2 atom stereocenters. The van der Waals surface area contributed by atoms with E-state index in [0.29, 0.717) is 35.7 Å². The lowest BCUT2D eigenvalue weighted by Crippen LogP contribution is -2.28. The molecule has 0 fully saturated rings. The van der Waals surface area contributed by atoms with Gasteiger partial charge in [-0.2, -0.15) is 5.26 Å². The zero-order chi connectivity index (χ0) is 20.3. The minimum absolute atomic E-state index is 0.0726. The van der Waals surface area contributed by atoms with Gasteiger partial charge in [0.05, 0.1) is 33.3 Å². The van der Waals surface area contributed by atoms with Crippen LogP contribution in [0.25, 0.3) is 0 Å². The highest BCUT2D eigenvalue weighted by molar-refractivity contribution is 5.85. The zero-order valence-corrected chi connectivity index (χ0v) is 16.1. The largest absolute Gasteiger partial charge is 0.493 e. The van der Waals surface area contributed by atoms with E-state index in [-0.39, 0.29) is 18.0 Å². The van der Waals surface area contributed by atoms with Crippen molar-refractivity contribution in [1.29, 1.82) is 5.26 Å². The maximum absolute atomic E-state index is 13.4. The Bertz CT molecular complexity index is 935. The monoisotopic (exact) mass is 383 g/mol. The lowest BCUT2D eigenvalue weighted by atomic mass is 9.72. The second-order valence-electron chi connectivity index (χ2n) is 6.74. The van der Waals surface area contributed by atoms with E-state index in [1.807, 2.05) is 0 Å². The molecule has 0 spiro atoms. The van der Waals surface area contributed by atoms with Gasteiger partial charge in [-0.25, -0.2) is 4.39 Å². The molecule has 0 bridgehead atoms. The highest BCUT2D eigenvalue weighted by atomic mass is 19.1. The van der Waals surface area contributed by atoms with Crippen LogP contribution < -0.4 is 14.2 Å². The fraction of sp³-hybridized carbons (Fsp3) is 0.364. The number of methoxy groups -OCH3 is 3. The summed E-state index contributed by atoms with van der Waals surface area (Å²) in [5.74, 6) is -0.0778. The number of fused-ring (bicyclic) bond motifs is 1. The van der Waals surface area contributed by atoms with Gasteiger partial charge in [-0.05, 0) is 42.2 Å². The van der Waals surface area contributed by atoms with Gasteiger partial charge in [-0.1, -0.05) is 12.1 Å². The average Bonchev–Trinajstić information content (AvgIpc) is 2.70. The van der Waals surface area contributed by atoms with Crippen LogP contribution in [0.3, 0.4) is 0 Å². The number of nitrogens with zero attached hydrogens (tertiary/aromatic N) is 1. The van der Waals surface area contributed by atoms with Gasteiger partial charge in [0, 0.05) is 17.9 Å². The molecule has 2 aromatic rings. The quantitative estimate of drug-likeness (QED) is 0.758. The molecule has 0 heterocycles. The van der Waals surface area contributed by atoms with Crippen LogP contribution in [0.5, 0.6) is 17.2 Å². The summed E-state index contributed by atoms with van der Waals surface area (Å²) >= 11 is 0. The minimum Gasteiger partial charge on any atom is -0.493 e. The van der Waals surface area contributed by atoms with E-state index in [2.05, 4.69) is 6.07 Å². The summed E-state index contributed by atoms with van der Waals surface area (Å²) in [5.41, 5.74) is 2.19. The smallest absolute Gasteiger partial charge is 0.203 e. The van der Waals surface area contributed by atoms with Gasteiger partial charge in [-0.3, -0.25) is 4.79 Å². The Kier molecular flexibility index (Phi) is 5.84. The molecule has 2 unspecified atom stereocenters. The summed E-state index contributed by atoms with van der Waals surface area (Å²) in [6.07, 6.45) is 1.20. The van der Waals surface area contributed by atoms with Crippen molar-refractivity contribution in [1.82, 2.24) is 0 Å². The number of Topliss-reactive ketones (excluding diaryl/α,β-unsaturated/α-hetero) is 1. The van der Waals surface area contributed by atoms with Crippen molar-refractivity contribution < 1.29 is 23.4 Å². The zero-order valence-electron chi connectivity index (χ0n) is 16.1. The normalized spacial score (nSPS) is 18.0. The highest BCUT2D eigenvalue weighted by Crippen LogP contribution is 2.49. The van der Waals surface area contributed by atoms with Gasteiger partial charge in [0.15, 0.2) is 11.5 Å². The Labute approximate surface area is 163 Å². The van der Waals surface area contributed by atoms with Gasteiger partial charge >= 0.3 is 0 Å². The molecule has 0 amide bonds. The van der Waals surface area contributed by atoms with E-state index in [0.717, 1.165) is 11.1 Å². The Hall–Kier alpha value is -3.07. The predicted molar refractivity (Wildman–Crippen MR) is 101 cm³/mol. The first-order valence-electron chi connectivity index (χ1n) is 9.02. The van der Waals surface area contributed by atoms with Crippen LogP contribution in [0.4, 0.5) is 4.39 Å². The molecule has 28 heavy (non-hydrogen) atoms. The SMILES string of the molecule is COc1cc2c(c(OC)c1OC)CCC(C(=O)Cc1cccc(F)c1)C2C#N. The highest BCUT2D eigenvalue weighted by Gasteiger charge is 2.37. The molecular weight excluding hydrogens is 361 g/mol. The first kappa shape index (κ1) is 19.7. The van der Waals surface area contributed by atoms with Gasteiger partial charge in [0.1, 0.15) is 11.6 Å². The van der Waals surface area contributed by atoms with Gasteiger partial charge in [-0.15, -0.1) is 0 Å². The van der Waals surface area contributed by atoms with Gasteiger partial charge in [0.2, 0.25) is 5.75 Å². The van der Waals surface area contributed by atoms with Crippen LogP contribution in [-0.2, 0) is 17.6 Å². The molecule has 0 N–H and O–H groups in total. The van der Waals surface area contributed by atoms with Crippen LogP contribution in [0.15, 0.2) is 30.3 Å². The first-order valence-corrected chi connectivity index (χ1v) is 9.02. The van der Waals surface area contributed by atoms with Gasteiger partial charge < -0.3 is 14.2 Å². The topological polar surface area (TPSA) is 68.6 Å². The van der Waals surface area contributed by atoms with Crippen LogP contribution in [0.2, 0.25) is 0 Å². The van der Waals surface area contributed by atoms with Crippen LogP contribution in [-0.4, -0.2) is 27.1 Å². The second kappa shape index (κ2) is 8.30. The van der Waals surface area contributed by atoms with Gasteiger partial charge in [0.25, 0.3) is 0 Å². The summed E-state index contributed by atoms with van der Waals surface area (Å²) < 4.78 is 29.8. The fourth-order valence-corrected chi connectivity index (χ4v) is 3.94. The van der Waals surface area contributed by atoms with E-state index in [4.69, 9.17) is 14.2 Å². The Morgan fingerprint density at radius 2 is 1.93 bits per heavy atom. The van der Waals surface area contributed by atoms with Crippen LogP contribution in [0, 0.1) is 23.1 Å². The van der Waals surface area contributed by atoms with Crippen LogP contribution >= 0.6 is 0 Å². The summed E-state index contributed by atoms with van der Waals surface area (Å²) in [6, 6.07) is 10.0. The number of halogens is 1. The number of carbonyl (C=O) groups is 1. The van der Waals surface area contributed by atoms with E-state index in [1.54, 1.807) is 25.3 Å². The molecule has 3 rings (SSSR count). The summed E-state index contributed by atoms with van der Waals surface area (Å²) in [7, 11) is 4.59. The molecular formula is C22H22FNO4. The van der Waals surface area contributed by atoms with Crippen molar-refractivity contribution in [3.05, 3.63) is 52.8 Å². The lowest BCUT2D eigenvalue weighted by molar-refractivity contribution is -0.122. The van der Waals surface area contributed by atoms with E-state index >= 15 is 0 Å². The van der Waals surface area contributed by atoms with Crippen molar-refractivity contribution in [3.63, 3.8) is 0 Å². The predicted octanol–water partition coefficient (Wildman–Crippen LogP) is 3.83. The van der Waals surface area contributed by atoms with E-state index in [1.165, 1.54) is 26.4 Å². The molecule has 0 aromatic heterocycles. The first-order chi connectivity index (χ1) is 13.5. The lowest BCUT2D eigenvalue weighted by Gasteiger charge is -2.30. The summed E-state index contributed by atoms with van der Waals surface area (Å²) in [6.45, 7) is 0. The Morgan fingerprint density at radius 1 is 1.18 bits per heavy atom. The molecule has 0 aliphatic heterocycles. The molecule has 0 radical (unpaired) electrons. The maximum atomic E-state index is 13.4. The van der Waals surface area contributed by atoms with Crippen molar-refractivity contribution in [2.75, 3.05) is 21.3 Å². The number of nitriles is 1. The minimum atomic E-state index is -0.626. The number of benzene rings is 2. The average molecular weight is 383 g/mol. The standard InChI is InChI=1S/C22H22FNO4/c1-26-20-11-17-16(21(27-2)22(20)28-3)8-7-15(18(17)12-24)19(25)10-13-5-4-6-14(23)9-13/h4-6,9,11,15,18H,7-8,10H2,1-3H3. The number of ketones is 1. The molecule has 0 saturated carbocycles. The van der Waals surface area contributed by atoms with E-state index in [9.17, 15) is 14.4 Å². The van der Waals surface area contributed by atoms with Crippen molar-refractivity contribution in [3.8, 4) is 23.3 Å². The van der Waals surface area contributed by atoms with E-state index < -0.39 is 11.8 Å². The van der Waals surface area contributed by atoms with Crippen LogP contribution in [0.1, 0.15) is 29.0 Å². The number of hydrogen-bond acceptors (Lipinski definition) is 5. The number of rotatable bonds is 6. The number of ether oxygens (including phenoxy) is 3. The Morgan fingerprint density at radius 3 is 2.54 bits per heavy atom. The maximum Gasteiger partial charge on any atom is 0.203 e. The summed E-state index contributed by atoms with van der Waals surface area (Å²) in [4.78, 5) is 12.9. The third-order valence-electron chi connectivity index (χ3n) is 5.23. The third kappa shape index (κ3) is 3.53. The number of hydrogen-bond donors (Lipinski definition) is 0. The molecule has 0 saturated heterocycles. The van der Waals surface area contributed by atoms with Crippen molar-refractivity contribution >= 4 is 5.78 Å². The fourth-order valence-electron chi connectivity index (χ4n) is 3.94. The summed E-state index contributed by atoms with van der Waals surface area (Å²) in [5, 5.41) is 9.85. The molecule has 5 nitrogen and oxygen atoms in total. The molecule has 1 aliphatic rings.